The van der Waals surface area contributed by atoms with Gasteiger partial charge in [0, 0.05) is 5.56 Å². The fourth-order valence-corrected chi connectivity index (χ4v) is 0.945. The van der Waals surface area contributed by atoms with Gasteiger partial charge in [-0.25, -0.2) is 4.39 Å². The highest BCUT2D eigenvalue weighted by atomic mass is 19.1. The van der Waals surface area contributed by atoms with Crippen molar-refractivity contribution in [3.05, 3.63) is 35.1 Å². The van der Waals surface area contributed by atoms with Gasteiger partial charge < -0.3 is 10.8 Å². The van der Waals surface area contributed by atoms with Crippen LogP contribution < -0.4 is 5.73 Å². The number of aliphatic hydroxyl groups excluding tert-OH is 1. The lowest BCUT2D eigenvalue weighted by molar-refractivity contribution is 0.275. The standard InChI is InChI=1S/C10H10FNO/c11-10-8(5-2-6-12)3-1-4-9(10)7-13/h1,3-4,13H,6-7,12H2. The second kappa shape index (κ2) is 4.61. The Bertz CT molecular complexity index is 352. The molecule has 0 unspecified atom stereocenters. The van der Waals surface area contributed by atoms with Crippen molar-refractivity contribution in [1.29, 1.82) is 0 Å². The van der Waals surface area contributed by atoms with Gasteiger partial charge in [0.25, 0.3) is 0 Å². The maximum atomic E-state index is 13.3. The SMILES string of the molecule is NCC#Cc1cccc(CO)c1F. The van der Waals surface area contributed by atoms with E-state index in [-0.39, 0.29) is 24.3 Å². The fraction of sp³-hybridized carbons (Fsp3) is 0.200. The van der Waals surface area contributed by atoms with Gasteiger partial charge in [-0.15, -0.1) is 0 Å². The van der Waals surface area contributed by atoms with Gasteiger partial charge in [-0.05, 0) is 6.07 Å². The molecule has 0 aliphatic carbocycles. The van der Waals surface area contributed by atoms with Gasteiger partial charge in [0.1, 0.15) is 5.82 Å². The predicted octanol–water partition coefficient (Wildman–Crippen LogP) is 0.628. The molecule has 1 aromatic rings. The van der Waals surface area contributed by atoms with Crippen LogP contribution in [-0.4, -0.2) is 11.7 Å². The van der Waals surface area contributed by atoms with E-state index in [0.29, 0.717) is 0 Å². The molecule has 0 aliphatic heterocycles. The molecule has 3 heteroatoms. The fourth-order valence-electron chi connectivity index (χ4n) is 0.945. The molecule has 68 valence electrons. The minimum Gasteiger partial charge on any atom is -0.392 e. The summed E-state index contributed by atoms with van der Waals surface area (Å²) in [5.74, 6) is 4.67. The first-order valence-corrected chi connectivity index (χ1v) is 3.86. The minimum atomic E-state index is -0.467. The summed E-state index contributed by atoms with van der Waals surface area (Å²) in [7, 11) is 0. The topological polar surface area (TPSA) is 46.2 Å². The molecule has 2 nitrogen and oxygen atoms in total. The van der Waals surface area contributed by atoms with Crippen LogP contribution in [0.3, 0.4) is 0 Å². The summed E-state index contributed by atoms with van der Waals surface area (Å²) >= 11 is 0. The number of hydrogen-bond donors (Lipinski definition) is 2. The molecule has 0 amide bonds. The predicted molar refractivity (Wildman–Crippen MR) is 48.3 cm³/mol. The van der Waals surface area contributed by atoms with Crippen LogP contribution in [0.25, 0.3) is 0 Å². The van der Waals surface area contributed by atoms with E-state index in [1.807, 2.05) is 0 Å². The van der Waals surface area contributed by atoms with Crippen LogP contribution in [0.1, 0.15) is 11.1 Å². The molecule has 1 aromatic carbocycles. The van der Waals surface area contributed by atoms with Crippen LogP contribution in [0.4, 0.5) is 4.39 Å². The lowest BCUT2D eigenvalue weighted by Crippen LogP contribution is -1.95. The quantitative estimate of drug-likeness (QED) is 0.621. The van der Waals surface area contributed by atoms with Crippen LogP contribution in [0, 0.1) is 17.7 Å². The number of nitrogens with two attached hydrogens (primary N) is 1. The summed E-state index contributed by atoms with van der Waals surface area (Å²) in [6.45, 7) is -0.118. The molecular formula is C10H10FNO. The summed E-state index contributed by atoms with van der Waals surface area (Å²) in [5.41, 5.74) is 5.68. The number of aliphatic hydroxyl groups is 1. The Kier molecular flexibility index (Phi) is 3.44. The summed E-state index contributed by atoms with van der Waals surface area (Å²) in [6.07, 6.45) is 0. The molecular weight excluding hydrogens is 169 g/mol. The van der Waals surface area contributed by atoms with Crippen molar-refractivity contribution < 1.29 is 9.50 Å². The van der Waals surface area contributed by atoms with E-state index in [9.17, 15) is 4.39 Å². The van der Waals surface area contributed by atoms with Crippen molar-refractivity contribution >= 4 is 0 Å². The van der Waals surface area contributed by atoms with Crippen molar-refractivity contribution in [1.82, 2.24) is 0 Å². The third-order valence-electron chi connectivity index (χ3n) is 1.57. The lowest BCUT2D eigenvalue weighted by atomic mass is 10.1. The van der Waals surface area contributed by atoms with Crippen molar-refractivity contribution in [2.75, 3.05) is 6.54 Å². The largest absolute Gasteiger partial charge is 0.392 e. The van der Waals surface area contributed by atoms with Gasteiger partial charge in [-0.2, -0.15) is 0 Å². The lowest BCUT2D eigenvalue weighted by Gasteiger charge is -1.99. The van der Waals surface area contributed by atoms with Crippen LogP contribution in [0.2, 0.25) is 0 Å². The molecule has 0 atom stereocenters. The zero-order chi connectivity index (χ0) is 9.68. The number of hydrogen-bond acceptors (Lipinski definition) is 2. The molecule has 0 fully saturated rings. The van der Waals surface area contributed by atoms with Gasteiger partial charge in [0.2, 0.25) is 0 Å². The monoisotopic (exact) mass is 179 g/mol. The Balaban J connectivity index is 3.08. The molecule has 3 N–H and O–H groups in total. The van der Waals surface area contributed by atoms with Crippen molar-refractivity contribution in [3.63, 3.8) is 0 Å². The first kappa shape index (κ1) is 9.72. The normalized spacial score (nSPS) is 9.15. The van der Waals surface area contributed by atoms with Gasteiger partial charge in [-0.3, -0.25) is 0 Å². The maximum absolute atomic E-state index is 13.3. The molecule has 0 saturated carbocycles. The van der Waals surface area contributed by atoms with Crippen LogP contribution >= 0.6 is 0 Å². The van der Waals surface area contributed by atoms with E-state index in [4.69, 9.17) is 10.8 Å². The highest BCUT2D eigenvalue weighted by Crippen LogP contribution is 2.11. The summed E-state index contributed by atoms with van der Waals surface area (Å²) < 4.78 is 13.3. The number of rotatable bonds is 1. The molecule has 0 aliphatic rings. The molecule has 1 rings (SSSR count). The third kappa shape index (κ3) is 2.28. The average Bonchev–Trinajstić information content (AvgIpc) is 2.16. The van der Waals surface area contributed by atoms with Gasteiger partial charge in [-0.1, -0.05) is 24.0 Å². The second-order valence-electron chi connectivity index (χ2n) is 2.44. The second-order valence-corrected chi connectivity index (χ2v) is 2.44. The first-order chi connectivity index (χ1) is 6.29. The molecule has 13 heavy (non-hydrogen) atoms. The highest BCUT2D eigenvalue weighted by Gasteiger charge is 2.03. The third-order valence-corrected chi connectivity index (χ3v) is 1.57. The Labute approximate surface area is 76.2 Å². The Morgan fingerprint density at radius 1 is 1.46 bits per heavy atom. The van der Waals surface area contributed by atoms with Crippen molar-refractivity contribution in [2.45, 2.75) is 6.61 Å². The van der Waals surface area contributed by atoms with Crippen LogP contribution in [0.5, 0.6) is 0 Å². The molecule has 0 heterocycles. The summed E-state index contributed by atoms with van der Waals surface area (Å²) in [6, 6.07) is 4.72. The van der Waals surface area contributed by atoms with Crippen molar-refractivity contribution in [2.24, 2.45) is 5.73 Å². The molecule has 0 bridgehead atoms. The van der Waals surface area contributed by atoms with Gasteiger partial charge in [0.05, 0.1) is 18.7 Å². The van der Waals surface area contributed by atoms with E-state index >= 15 is 0 Å². The van der Waals surface area contributed by atoms with E-state index in [1.165, 1.54) is 6.07 Å². The molecule has 0 saturated heterocycles. The molecule has 0 aromatic heterocycles. The molecule has 0 spiro atoms. The smallest absolute Gasteiger partial charge is 0.144 e. The Hall–Kier alpha value is -1.37. The summed E-state index contributed by atoms with van der Waals surface area (Å²) in [4.78, 5) is 0. The minimum absolute atomic E-state index is 0.197. The van der Waals surface area contributed by atoms with Crippen LogP contribution in [0.15, 0.2) is 18.2 Å². The van der Waals surface area contributed by atoms with Crippen LogP contribution in [-0.2, 0) is 6.61 Å². The van der Waals surface area contributed by atoms with Gasteiger partial charge in [0.15, 0.2) is 0 Å². The first-order valence-electron chi connectivity index (χ1n) is 3.86. The van der Waals surface area contributed by atoms with E-state index < -0.39 is 5.82 Å². The van der Waals surface area contributed by atoms with Crippen molar-refractivity contribution in [3.8, 4) is 11.8 Å². The highest BCUT2D eigenvalue weighted by molar-refractivity contribution is 5.38. The van der Waals surface area contributed by atoms with E-state index in [1.54, 1.807) is 12.1 Å². The van der Waals surface area contributed by atoms with Gasteiger partial charge >= 0.3 is 0 Å². The summed E-state index contributed by atoms with van der Waals surface area (Å²) in [5, 5.41) is 8.76. The zero-order valence-electron chi connectivity index (χ0n) is 7.05. The van der Waals surface area contributed by atoms with E-state index in [0.717, 1.165) is 0 Å². The zero-order valence-corrected chi connectivity index (χ0v) is 7.05. The number of halogens is 1. The molecule has 0 radical (unpaired) electrons. The van der Waals surface area contributed by atoms with E-state index in [2.05, 4.69) is 11.8 Å². The number of benzene rings is 1. The average molecular weight is 179 g/mol. The Morgan fingerprint density at radius 2 is 2.23 bits per heavy atom. The Morgan fingerprint density at radius 3 is 2.85 bits per heavy atom. The maximum Gasteiger partial charge on any atom is 0.144 e.